The summed E-state index contributed by atoms with van der Waals surface area (Å²) < 4.78 is 0. The summed E-state index contributed by atoms with van der Waals surface area (Å²) in [5, 5.41) is 8.67. The van der Waals surface area contributed by atoms with Crippen LogP contribution in [0.3, 0.4) is 0 Å². The van der Waals surface area contributed by atoms with Crippen LogP contribution in [-0.4, -0.2) is 23.9 Å². The second-order valence-electron chi connectivity index (χ2n) is 5.76. The van der Waals surface area contributed by atoms with Crippen LogP contribution in [0.1, 0.15) is 33.3 Å². The van der Waals surface area contributed by atoms with Gasteiger partial charge in [0.05, 0.1) is 6.54 Å². The van der Waals surface area contributed by atoms with E-state index in [9.17, 15) is 9.59 Å². The lowest BCUT2D eigenvalue weighted by Crippen LogP contribution is -2.43. The van der Waals surface area contributed by atoms with Crippen LogP contribution < -0.4 is 16.0 Å². The summed E-state index contributed by atoms with van der Waals surface area (Å²) in [5.74, 6) is -0.134. The van der Waals surface area contributed by atoms with Crippen LogP contribution in [0.2, 0.25) is 0 Å². The third-order valence-electron chi connectivity index (χ3n) is 2.54. The van der Waals surface area contributed by atoms with Crippen molar-refractivity contribution in [1.29, 1.82) is 0 Å². The summed E-state index contributed by atoms with van der Waals surface area (Å²) >= 11 is 0. The van der Waals surface area contributed by atoms with Crippen molar-refractivity contribution < 1.29 is 9.59 Å². The van der Waals surface area contributed by atoms with Gasteiger partial charge in [-0.2, -0.15) is 0 Å². The fourth-order valence-electron chi connectivity index (χ4n) is 1.52. The lowest BCUT2D eigenvalue weighted by atomic mass is 10.1. The van der Waals surface area contributed by atoms with Crippen LogP contribution in [-0.2, 0) is 16.1 Å². The molecule has 0 aliphatic rings. The van der Waals surface area contributed by atoms with Crippen molar-refractivity contribution in [2.75, 3.05) is 11.9 Å². The van der Waals surface area contributed by atoms with Gasteiger partial charge in [0.25, 0.3) is 0 Å². The van der Waals surface area contributed by atoms with Crippen LogP contribution in [0.4, 0.5) is 5.69 Å². The predicted octanol–water partition coefficient (Wildman–Crippen LogP) is 1.65. The summed E-state index contributed by atoms with van der Waals surface area (Å²) in [4.78, 5) is 22.5. The first-order valence-electron chi connectivity index (χ1n) is 6.64. The summed E-state index contributed by atoms with van der Waals surface area (Å²) in [7, 11) is 0. The molecule has 5 heteroatoms. The van der Waals surface area contributed by atoms with Gasteiger partial charge in [-0.3, -0.25) is 9.59 Å². The Morgan fingerprint density at radius 3 is 2.20 bits per heavy atom. The SMILES string of the molecule is CC(=O)Nc1ccc(CNC(=O)CNC(C)(C)C)cc1. The molecule has 0 bridgehead atoms. The summed E-state index contributed by atoms with van der Waals surface area (Å²) in [6.07, 6.45) is 0. The summed E-state index contributed by atoms with van der Waals surface area (Å²) in [5.41, 5.74) is 1.67. The highest BCUT2D eigenvalue weighted by molar-refractivity contribution is 5.88. The van der Waals surface area contributed by atoms with Crippen LogP contribution in [0, 0.1) is 0 Å². The molecule has 0 radical (unpaired) electrons. The molecule has 0 saturated carbocycles. The molecule has 20 heavy (non-hydrogen) atoms. The largest absolute Gasteiger partial charge is 0.351 e. The fraction of sp³-hybridized carbons (Fsp3) is 0.467. The highest BCUT2D eigenvalue weighted by atomic mass is 16.2. The maximum Gasteiger partial charge on any atom is 0.234 e. The van der Waals surface area contributed by atoms with Crippen molar-refractivity contribution in [2.45, 2.75) is 39.8 Å². The predicted molar refractivity (Wildman–Crippen MR) is 80.3 cm³/mol. The van der Waals surface area contributed by atoms with Gasteiger partial charge in [0.1, 0.15) is 0 Å². The summed E-state index contributed by atoms with van der Waals surface area (Å²) in [6, 6.07) is 7.39. The Labute approximate surface area is 120 Å². The van der Waals surface area contributed by atoms with E-state index in [4.69, 9.17) is 0 Å². The van der Waals surface area contributed by atoms with Crippen molar-refractivity contribution in [1.82, 2.24) is 10.6 Å². The highest BCUT2D eigenvalue weighted by Gasteiger charge is 2.10. The third kappa shape index (κ3) is 6.89. The second kappa shape index (κ2) is 7.05. The van der Waals surface area contributed by atoms with Crippen LogP contribution in [0.25, 0.3) is 0 Å². The van der Waals surface area contributed by atoms with Gasteiger partial charge in [-0.15, -0.1) is 0 Å². The average molecular weight is 277 g/mol. The smallest absolute Gasteiger partial charge is 0.234 e. The zero-order chi connectivity index (χ0) is 15.2. The molecule has 0 fully saturated rings. The number of carbonyl (C=O) groups is 2. The lowest BCUT2D eigenvalue weighted by molar-refractivity contribution is -0.120. The van der Waals surface area contributed by atoms with E-state index in [1.807, 2.05) is 45.0 Å². The first kappa shape index (κ1) is 16.2. The highest BCUT2D eigenvalue weighted by Crippen LogP contribution is 2.09. The quantitative estimate of drug-likeness (QED) is 0.766. The first-order valence-corrected chi connectivity index (χ1v) is 6.64. The summed E-state index contributed by atoms with van der Waals surface area (Å²) in [6.45, 7) is 8.29. The number of nitrogens with one attached hydrogen (secondary N) is 3. The van der Waals surface area contributed by atoms with Crippen molar-refractivity contribution in [3.63, 3.8) is 0 Å². The van der Waals surface area contributed by atoms with Crippen LogP contribution >= 0.6 is 0 Å². The second-order valence-corrected chi connectivity index (χ2v) is 5.76. The number of benzene rings is 1. The van der Waals surface area contributed by atoms with E-state index in [0.29, 0.717) is 13.1 Å². The number of rotatable bonds is 5. The molecular formula is C15H23N3O2. The molecule has 0 atom stereocenters. The van der Waals surface area contributed by atoms with Gasteiger partial charge >= 0.3 is 0 Å². The molecule has 0 aliphatic heterocycles. The Balaban J connectivity index is 2.38. The average Bonchev–Trinajstić information content (AvgIpc) is 2.34. The Bertz CT molecular complexity index is 461. The number of anilines is 1. The Kier molecular flexibility index (Phi) is 5.70. The van der Waals surface area contributed by atoms with Gasteiger partial charge in [0.2, 0.25) is 11.8 Å². The van der Waals surface area contributed by atoms with E-state index >= 15 is 0 Å². The first-order chi connectivity index (χ1) is 9.26. The minimum absolute atomic E-state index is 0.0362. The van der Waals surface area contributed by atoms with E-state index in [0.717, 1.165) is 11.3 Å². The maximum absolute atomic E-state index is 11.6. The fourth-order valence-corrected chi connectivity index (χ4v) is 1.52. The normalized spacial score (nSPS) is 11.0. The molecule has 1 aromatic rings. The van der Waals surface area contributed by atoms with Gasteiger partial charge in [-0.05, 0) is 38.5 Å². The zero-order valence-corrected chi connectivity index (χ0v) is 12.5. The number of hydrogen-bond acceptors (Lipinski definition) is 3. The van der Waals surface area contributed by atoms with E-state index in [2.05, 4.69) is 16.0 Å². The maximum atomic E-state index is 11.6. The van der Waals surface area contributed by atoms with Crippen molar-refractivity contribution in [2.24, 2.45) is 0 Å². The molecule has 1 rings (SSSR count). The van der Waals surface area contributed by atoms with Gasteiger partial charge in [0, 0.05) is 24.7 Å². The molecule has 3 N–H and O–H groups in total. The van der Waals surface area contributed by atoms with Gasteiger partial charge < -0.3 is 16.0 Å². The lowest BCUT2D eigenvalue weighted by Gasteiger charge is -2.20. The molecule has 5 nitrogen and oxygen atoms in total. The van der Waals surface area contributed by atoms with Gasteiger partial charge in [0.15, 0.2) is 0 Å². The Morgan fingerprint density at radius 1 is 1.10 bits per heavy atom. The number of hydrogen-bond donors (Lipinski definition) is 3. The molecule has 0 aromatic heterocycles. The van der Waals surface area contributed by atoms with Gasteiger partial charge in [-0.25, -0.2) is 0 Å². The number of amides is 2. The van der Waals surface area contributed by atoms with Crippen LogP contribution in [0.15, 0.2) is 24.3 Å². The molecule has 0 aliphatic carbocycles. The van der Waals surface area contributed by atoms with E-state index in [-0.39, 0.29) is 17.4 Å². The minimum Gasteiger partial charge on any atom is -0.351 e. The van der Waals surface area contributed by atoms with Crippen molar-refractivity contribution >= 4 is 17.5 Å². The van der Waals surface area contributed by atoms with Crippen molar-refractivity contribution in [3.05, 3.63) is 29.8 Å². The number of carbonyl (C=O) groups excluding carboxylic acids is 2. The molecule has 2 amide bonds. The van der Waals surface area contributed by atoms with E-state index in [1.165, 1.54) is 6.92 Å². The van der Waals surface area contributed by atoms with E-state index in [1.54, 1.807) is 0 Å². The van der Waals surface area contributed by atoms with Crippen molar-refractivity contribution in [3.8, 4) is 0 Å². The molecular weight excluding hydrogens is 254 g/mol. The molecule has 0 spiro atoms. The molecule has 0 heterocycles. The topological polar surface area (TPSA) is 70.2 Å². The Morgan fingerprint density at radius 2 is 1.70 bits per heavy atom. The van der Waals surface area contributed by atoms with Gasteiger partial charge in [-0.1, -0.05) is 12.1 Å². The third-order valence-corrected chi connectivity index (χ3v) is 2.54. The van der Waals surface area contributed by atoms with E-state index < -0.39 is 0 Å². The molecule has 110 valence electrons. The molecule has 0 unspecified atom stereocenters. The molecule has 0 saturated heterocycles. The standard InChI is InChI=1S/C15H23N3O2/c1-11(19)18-13-7-5-12(6-8-13)9-16-14(20)10-17-15(2,3)4/h5-8,17H,9-10H2,1-4H3,(H,16,20)(H,18,19). The zero-order valence-electron chi connectivity index (χ0n) is 12.5. The Hall–Kier alpha value is -1.88. The minimum atomic E-state index is -0.0979. The molecule has 1 aromatic carbocycles. The van der Waals surface area contributed by atoms with Crippen LogP contribution in [0.5, 0.6) is 0 Å². The monoisotopic (exact) mass is 277 g/mol.